The van der Waals surface area contributed by atoms with Crippen LogP contribution in [0.25, 0.3) is 0 Å². The molecule has 0 aromatic rings. The molecule has 3 atom stereocenters. The lowest BCUT2D eigenvalue weighted by Crippen LogP contribution is -2.38. The third kappa shape index (κ3) is 12.0. The van der Waals surface area contributed by atoms with Crippen LogP contribution in [0.2, 0.25) is 0 Å². The number of aliphatic carboxylic acids is 2. The summed E-state index contributed by atoms with van der Waals surface area (Å²) in [5.74, 6) is -2.18. The smallest absolute Gasteiger partial charge is 0.313 e. The van der Waals surface area contributed by atoms with Crippen LogP contribution in [-0.4, -0.2) is 44.4 Å². The van der Waals surface area contributed by atoms with E-state index in [1.165, 1.54) is 76.0 Å². The highest BCUT2D eigenvalue weighted by molar-refractivity contribution is 8.00. The first-order valence-corrected chi connectivity index (χ1v) is 12.9. The normalized spacial score (nSPS) is 23.0. The summed E-state index contributed by atoms with van der Waals surface area (Å²) in [7, 11) is 0. The zero-order valence-corrected chi connectivity index (χ0v) is 19.5. The van der Waals surface area contributed by atoms with Gasteiger partial charge in [-0.25, -0.2) is 0 Å². The summed E-state index contributed by atoms with van der Waals surface area (Å²) >= 11 is 1.23. The SMILES string of the molecule is CCCCCCCCCCCCCC=C1CC[C@@H](CC(=O)O)[C@H](O)[C@H]1SCC(=O)O. The third-order valence-corrected chi connectivity index (χ3v) is 7.35. The largest absolute Gasteiger partial charge is 0.481 e. The number of allylic oxidation sites excluding steroid dienone is 1. The molecule has 1 saturated carbocycles. The fourth-order valence-corrected chi connectivity index (χ4v) is 5.43. The molecule has 0 amide bonds. The second-order valence-electron chi connectivity index (χ2n) is 8.62. The van der Waals surface area contributed by atoms with Crippen LogP contribution in [0.1, 0.15) is 103 Å². The Kier molecular flexibility index (Phi) is 15.0. The van der Waals surface area contributed by atoms with Crippen LogP contribution in [0.5, 0.6) is 0 Å². The molecule has 0 saturated heterocycles. The van der Waals surface area contributed by atoms with Gasteiger partial charge in [-0.15, -0.1) is 11.8 Å². The van der Waals surface area contributed by atoms with Crippen LogP contribution in [-0.2, 0) is 9.59 Å². The van der Waals surface area contributed by atoms with Gasteiger partial charge in [0.2, 0.25) is 0 Å². The van der Waals surface area contributed by atoms with Gasteiger partial charge in [0.25, 0.3) is 0 Å². The van der Waals surface area contributed by atoms with Crippen molar-refractivity contribution in [1.29, 1.82) is 0 Å². The minimum atomic E-state index is -0.908. The standard InChI is InChI=1S/C24H42O5S/c1-2-3-4-5-6-7-8-9-10-11-12-13-14-19-15-16-20(17-21(25)26)23(29)24(19)30-18-22(27)28/h14,20,23-24,29H,2-13,15-18H2,1H3,(H,25,26)(H,27,28)/t20-,23-,24-/m0/s1. The van der Waals surface area contributed by atoms with Gasteiger partial charge in [0.1, 0.15) is 0 Å². The summed E-state index contributed by atoms with van der Waals surface area (Å²) in [5.41, 5.74) is 1.10. The minimum Gasteiger partial charge on any atom is -0.481 e. The van der Waals surface area contributed by atoms with Crippen molar-refractivity contribution >= 4 is 23.7 Å². The van der Waals surface area contributed by atoms with E-state index in [9.17, 15) is 14.7 Å². The van der Waals surface area contributed by atoms with Crippen LogP contribution in [0.3, 0.4) is 0 Å². The maximum atomic E-state index is 11.0. The molecule has 0 spiro atoms. The van der Waals surface area contributed by atoms with E-state index in [2.05, 4.69) is 13.0 Å². The number of hydrogen-bond donors (Lipinski definition) is 3. The third-order valence-electron chi connectivity index (χ3n) is 6.00. The Morgan fingerprint density at radius 2 is 1.50 bits per heavy atom. The van der Waals surface area contributed by atoms with Crippen molar-refractivity contribution in [3.63, 3.8) is 0 Å². The molecule has 1 fully saturated rings. The second-order valence-corrected chi connectivity index (χ2v) is 9.75. The van der Waals surface area contributed by atoms with E-state index in [1.807, 2.05) is 0 Å². The zero-order chi connectivity index (χ0) is 22.2. The topological polar surface area (TPSA) is 94.8 Å². The fraction of sp³-hybridized carbons (Fsp3) is 0.833. The van der Waals surface area contributed by atoms with E-state index >= 15 is 0 Å². The minimum absolute atomic E-state index is 0.0584. The van der Waals surface area contributed by atoms with Crippen LogP contribution in [0.15, 0.2) is 11.6 Å². The number of aliphatic hydroxyl groups is 1. The van der Waals surface area contributed by atoms with Crippen LogP contribution >= 0.6 is 11.8 Å². The summed E-state index contributed by atoms with van der Waals surface area (Å²) in [6.07, 6.45) is 18.0. The monoisotopic (exact) mass is 442 g/mol. The van der Waals surface area contributed by atoms with E-state index in [1.54, 1.807) is 0 Å². The zero-order valence-electron chi connectivity index (χ0n) is 18.7. The highest BCUT2D eigenvalue weighted by atomic mass is 32.2. The predicted octanol–water partition coefficient (Wildman–Crippen LogP) is 6.05. The van der Waals surface area contributed by atoms with E-state index in [0.717, 1.165) is 24.8 Å². The van der Waals surface area contributed by atoms with Crippen molar-refractivity contribution in [3.05, 3.63) is 11.6 Å². The molecular weight excluding hydrogens is 400 g/mol. The molecule has 0 radical (unpaired) electrons. The first-order valence-electron chi connectivity index (χ1n) is 11.9. The molecule has 0 bridgehead atoms. The number of thioether (sulfide) groups is 1. The van der Waals surface area contributed by atoms with Crippen molar-refractivity contribution in [1.82, 2.24) is 0 Å². The summed E-state index contributed by atoms with van der Waals surface area (Å²) in [6, 6.07) is 0. The first kappa shape index (κ1) is 27.0. The molecular formula is C24H42O5S. The number of carbonyl (C=O) groups is 2. The Morgan fingerprint density at radius 3 is 2.03 bits per heavy atom. The average molecular weight is 443 g/mol. The van der Waals surface area contributed by atoms with Gasteiger partial charge in [0.05, 0.1) is 23.5 Å². The lowest BCUT2D eigenvalue weighted by molar-refractivity contribution is -0.139. The summed E-state index contributed by atoms with van der Waals surface area (Å²) < 4.78 is 0. The van der Waals surface area contributed by atoms with Gasteiger partial charge in [0, 0.05) is 0 Å². The second kappa shape index (κ2) is 16.7. The van der Waals surface area contributed by atoms with Gasteiger partial charge in [0.15, 0.2) is 0 Å². The Hall–Kier alpha value is -1.01. The van der Waals surface area contributed by atoms with E-state index < -0.39 is 18.0 Å². The van der Waals surface area contributed by atoms with Crippen LogP contribution in [0, 0.1) is 5.92 Å². The summed E-state index contributed by atoms with van der Waals surface area (Å²) in [5, 5.41) is 28.4. The Morgan fingerprint density at radius 1 is 0.933 bits per heavy atom. The summed E-state index contributed by atoms with van der Waals surface area (Å²) in [4.78, 5) is 22.0. The van der Waals surface area contributed by atoms with Gasteiger partial charge in [-0.3, -0.25) is 9.59 Å². The highest BCUT2D eigenvalue weighted by Crippen LogP contribution is 2.38. The molecule has 1 rings (SSSR count). The van der Waals surface area contributed by atoms with Crippen molar-refractivity contribution in [2.45, 2.75) is 115 Å². The molecule has 30 heavy (non-hydrogen) atoms. The van der Waals surface area contributed by atoms with Crippen molar-refractivity contribution in [2.75, 3.05) is 5.75 Å². The van der Waals surface area contributed by atoms with Crippen LogP contribution in [0.4, 0.5) is 0 Å². The molecule has 0 aromatic carbocycles. The van der Waals surface area contributed by atoms with Gasteiger partial charge < -0.3 is 15.3 Å². The maximum absolute atomic E-state index is 11.0. The molecule has 0 heterocycles. The number of rotatable bonds is 17. The number of unbranched alkanes of at least 4 members (excludes halogenated alkanes) is 11. The molecule has 0 aliphatic heterocycles. The van der Waals surface area contributed by atoms with E-state index in [0.29, 0.717) is 6.42 Å². The Balaban J connectivity index is 2.30. The number of carboxylic acid groups (broad SMARTS) is 2. The van der Waals surface area contributed by atoms with Crippen LogP contribution < -0.4 is 0 Å². The maximum Gasteiger partial charge on any atom is 0.313 e. The number of carboxylic acids is 2. The summed E-state index contributed by atoms with van der Waals surface area (Å²) in [6.45, 7) is 2.25. The highest BCUT2D eigenvalue weighted by Gasteiger charge is 2.36. The molecule has 6 heteroatoms. The van der Waals surface area contributed by atoms with Crippen molar-refractivity contribution in [2.24, 2.45) is 5.92 Å². The van der Waals surface area contributed by atoms with Crippen molar-refractivity contribution < 1.29 is 24.9 Å². The lowest BCUT2D eigenvalue weighted by atomic mass is 9.80. The van der Waals surface area contributed by atoms with E-state index in [4.69, 9.17) is 10.2 Å². The number of hydrogen-bond acceptors (Lipinski definition) is 4. The molecule has 1 aliphatic carbocycles. The fourth-order valence-electron chi connectivity index (χ4n) is 4.26. The average Bonchev–Trinajstić information content (AvgIpc) is 2.69. The molecule has 0 aromatic heterocycles. The quantitative estimate of drug-likeness (QED) is 0.188. The Bertz CT molecular complexity index is 520. The van der Waals surface area contributed by atoms with Crippen molar-refractivity contribution in [3.8, 4) is 0 Å². The van der Waals surface area contributed by atoms with Gasteiger partial charge in [-0.1, -0.05) is 82.8 Å². The Labute approximate surface area is 186 Å². The van der Waals surface area contributed by atoms with E-state index in [-0.39, 0.29) is 23.3 Å². The lowest BCUT2D eigenvalue weighted by Gasteiger charge is -2.36. The predicted molar refractivity (Wildman–Crippen MR) is 124 cm³/mol. The van der Waals surface area contributed by atoms with Gasteiger partial charge >= 0.3 is 11.9 Å². The molecule has 0 unspecified atom stereocenters. The number of aliphatic hydroxyl groups excluding tert-OH is 1. The molecule has 1 aliphatic rings. The molecule has 174 valence electrons. The first-order chi connectivity index (χ1) is 14.5. The van der Waals surface area contributed by atoms with Gasteiger partial charge in [-0.2, -0.15) is 0 Å². The van der Waals surface area contributed by atoms with Gasteiger partial charge in [-0.05, 0) is 31.6 Å². The molecule has 3 N–H and O–H groups in total. The molecule has 5 nitrogen and oxygen atoms in total.